The van der Waals surface area contributed by atoms with Crippen molar-refractivity contribution < 1.29 is 46.9 Å². The molecule has 3 aromatic carbocycles. The lowest BCUT2D eigenvalue weighted by Gasteiger charge is -2.26. The Morgan fingerprint density at radius 3 is 2.35 bits per heavy atom. The lowest BCUT2D eigenvalue weighted by molar-refractivity contribution is -0.385. The third kappa shape index (κ3) is 6.38. The number of benzene rings is 3. The molecule has 1 saturated heterocycles. The fourth-order valence-electron chi connectivity index (χ4n) is 3.87. The molecule has 0 unspecified atom stereocenters. The van der Waals surface area contributed by atoms with Gasteiger partial charge in [-0.2, -0.15) is 13.2 Å². The summed E-state index contributed by atoms with van der Waals surface area (Å²) in [6, 6.07) is 7.44. The van der Waals surface area contributed by atoms with Crippen LogP contribution < -0.4 is 19.7 Å². The molecule has 0 saturated carbocycles. The van der Waals surface area contributed by atoms with E-state index in [4.69, 9.17) is 21.1 Å². The van der Waals surface area contributed by atoms with Crippen LogP contribution in [-0.4, -0.2) is 34.3 Å². The number of amides is 4. The van der Waals surface area contributed by atoms with Gasteiger partial charge in [0.1, 0.15) is 5.57 Å². The second-order valence-electron chi connectivity index (χ2n) is 8.54. The Balaban J connectivity index is 1.74. The third-order valence-electron chi connectivity index (χ3n) is 5.74. The van der Waals surface area contributed by atoms with Gasteiger partial charge in [-0.05, 0) is 48.9 Å². The predicted molar refractivity (Wildman–Crippen MR) is 143 cm³/mol. The lowest BCUT2D eigenvalue weighted by atomic mass is 10.1. The first-order valence-corrected chi connectivity index (χ1v) is 12.2. The van der Waals surface area contributed by atoms with Crippen molar-refractivity contribution in [3.05, 3.63) is 96.5 Å². The standard InChI is InChI=1S/C26H16ClF3N4O9/c1-2-42-21-10-13(9-18(27)22(21)43-20-7-6-14(26(28,29)30)11-19(20)34(40)41)8-17-23(35)31-25(37)32(24(17)36)15-4-3-5-16(12-15)33(38)39/h3-12H,2H2,1H3,(H,31,35,37)/b17-8+. The van der Waals surface area contributed by atoms with Gasteiger partial charge in [0.25, 0.3) is 17.5 Å². The second-order valence-corrected chi connectivity index (χ2v) is 8.94. The van der Waals surface area contributed by atoms with Crippen molar-refractivity contribution >= 4 is 52.6 Å². The molecule has 43 heavy (non-hydrogen) atoms. The van der Waals surface area contributed by atoms with Crippen molar-refractivity contribution in [1.82, 2.24) is 5.32 Å². The average Bonchev–Trinajstić information content (AvgIpc) is 2.92. The smallest absolute Gasteiger partial charge is 0.416 e. The van der Waals surface area contributed by atoms with Crippen LogP contribution >= 0.6 is 11.6 Å². The summed E-state index contributed by atoms with van der Waals surface area (Å²) in [5, 5.41) is 24.3. The number of nitro groups is 2. The number of nitrogens with zero attached hydrogens (tertiary/aromatic N) is 3. The molecule has 4 amide bonds. The van der Waals surface area contributed by atoms with Gasteiger partial charge in [0.2, 0.25) is 5.75 Å². The molecule has 13 nitrogen and oxygen atoms in total. The van der Waals surface area contributed by atoms with Crippen LogP contribution in [0.3, 0.4) is 0 Å². The zero-order chi connectivity index (χ0) is 31.6. The van der Waals surface area contributed by atoms with Gasteiger partial charge in [-0.25, -0.2) is 9.69 Å². The molecule has 0 spiro atoms. The van der Waals surface area contributed by atoms with Gasteiger partial charge in [-0.3, -0.25) is 35.1 Å². The quantitative estimate of drug-likeness (QED) is 0.136. The summed E-state index contributed by atoms with van der Waals surface area (Å²) in [5.41, 5.74) is -3.42. The zero-order valence-electron chi connectivity index (χ0n) is 21.5. The summed E-state index contributed by atoms with van der Waals surface area (Å²) >= 11 is 6.34. The van der Waals surface area contributed by atoms with E-state index in [1.165, 1.54) is 18.2 Å². The molecule has 1 aliphatic heterocycles. The maximum absolute atomic E-state index is 13.2. The summed E-state index contributed by atoms with van der Waals surface area (Å²) in [7, 11) is 0. The number of carbonyl (C=O) groups is 3. The van der Waals surface area contributed by atoms with Crippen LogP contribution in [0.15, 0.2) is 60.2 Å². The zero-order valence-corrected chi connectivity index (χ0v) is 22.3. The number of hydrogen-bond acceptors (Lipinski definition) is 9. The lowest BCUT2D eigenvalue weighted by Crippen LogP contribution is -2.54. The number of halogens is 4. The number of urea groups is 1. The molecule has 4 rings (SSSR count). The summed E-state index contributed by atoms with van der Waals surface area (Å²) in [4.78, 5) is 59.6. The minimum atomic E-state index is -4.86. The molecular formula is C26H16ClF3N4O9. The van der Waals surface area contributed by atoms with E-state index in [1.54, 1.807) is 6.92 Å². The first-order chi connectivity index (χ1) is 20.2. The van der Waals surface area contributed by atoms with E-state index in [9.17, 15) is 47.8 Å². The molecule has 0 radical (unpaired) electrons. The first kappa shape index (κ1) is 30.4. The van der Waals surface area contributed by atoms with Gasteiger partial charge in [-0.1, -0.05) is 17.7 Å². The topological polar surface area (TPSA) is 171 Å². The number of nitro benzene ring substituents is 2. The molecule has 0 atom stereocenters. The minimum absolute atomic E-state index is 0.00367. The van der Waals surface area contributed by atoms with E-state index in [2.05, 4.69) is 0 Å². The first-order valence-electron chi connectivity index (χ1n) is 11.9. The molecule has 1 fully saturated rings. The fourth-order valence-corrected chi connectivity index (χ4v) is 4.13. The molecule has 17 heteroatoms. The van der Waals surface area contributed by atoms with E-state index in [1.807, 2.05) is 5.32 Å². The number of anilines is 1. The van der Waals surface area contributed by atoms with Crippen molar-refractivity contribution in [2.45, 2.75) is 13.1 Å². The fraction of sp³-hybridized carbons (Fsp3) is 0.115. The van der Waals surface area contributed by atoms with Crippen LogP contribution in [0.4, 0.5) is 35.0 Å². The van der Waals surface area contributed by atoms with Crippen LogP contribution in [0.25, 0.3) is 6.08 Å². The van der Waals surface area contributed by atoms with Crippen molar-refractivity contribution in [2.24, 2.45) is 0 Å². The molecule has 1 aliphatic rings. The van der Waals surface area contributed by atoms with Gasteiger partial charge < -0.3 is 9.47 Å². The van der Waals surface area contributed by atoms with Crippen LogP contribution in [0.5, 0.6) is 17.2 Å². The number of rotatable bonds is 8. The van der Waals surface area contributed by atoms with Crippen LogP contribution in [-0.2, 0) is 15.8 Å². The number of alkyl halides is 3. The Bertz CT molecular complexity index is 1730. The Hall–Kier alpha value is -5.51. The summed E-state index contributed by atoms with van der Waals surface area (Å²) in [6.45, 7) is 1.56. The summed E-state index contributed by atoms with van der Waals surface area (Å²) in [5.74, 6) is -3.27. The van der Waals surface area contributed by atoms with E-state index in [0.29, 0.717) is 17.0 Å². The summed E-state index contributed by atoms with van der Waals surface area (Å²) < 4.78 is 50.3. The van der Waals surface area contributed by atoms with Gasteiger partial charge in [0.15, 0.2) is 11.5 Å². The monoisotopic (exact) mass is 620 g/mol. The minimum Gasteiger partial charge on any atom is -0.490 e. The maximum Gasteiger partial charge on any atom is 0.416 e. The van der Waals surface area contributed by atoms with Crippen LogP contribution in [0.1, 0.15) is 18.1 Å². The van der Waals surface area contributed by atoms with Crippen molar-refractivity contribution in [3.63, 3.8) is 0 Å². The van der Waals surface area contributed by atoms with Gasteiger partial charge in [0.05, 0.1) is 32.7 Å². The van der Waals surface area contributed by atoms with Gasteiger partial charge in [-0.15, -0.1) is 0 Å². The number of hydrogen-bond donors (Lipinski definition) is 1. The molecule has 0 aliphatic carbocycles. The number of ether oxygens (including phenoxy) is 2. The van der Waals surface area contributed by atoms with E-state index >= 15 is 0 Å². The largest absolute Gasteiger partial charge is 0.490 e. The number of imide groups is 2. The highest BCUT2D eigenvalue weighted by molar-refractivity contribution is 6.39. The maximum atomic E-state index is 13.2. The van der Waals surface area contributed by atoms with Crippen LogP contribution in [0.2, 0.25) is 5.02 Å². The normalized spacial score (nSPS) is 14.5. The van der Waals surface area contributed by atoms with E-state index < -0.39 is 62.1 Å². The highest BCUT2D eigenvalue weighted by Crippen LogP contribution is 2.44. The highest BCUT2D eigenvalue weighted by atomic mass is 35.5. The number of nitrogens with one attached hydrogen (secondary N) is 1. The Morgan fingerprint density at radius 2 is 1.72 bits per heavy atom. The number of carbonyl (C=O) groups excluding carboxylic acids is 3. The number of barbiturate groups is 1. The highest BCUT2D eigenvalue weighted by Gasteiger charge is 2.38. The predicted octanol–water partition coefficient (Wildman–Crippen LogP) is 6.03. The second kappa shape index (κ2) is 11.8. The molecular weight excluding hydrogens is 605 g/mol. The summed E-state index contributed by atoms with van der Waals surface area (Å²) in [6.07, 6.45) is -3.82. The van der Waals surface area contributed by atoms with Crippen molar-refractivity contribution in [2.75, 3.05) is 11.5 Å². The van der Waals surface area contributed by atoms with Gasteiger partial charge >= 0.3 is 17.9 Å². The van der Waals surface area contributed by atoms with Gasteiger partial charge in [0, 0.05) is 18.2 Å². The van der Waals surface area contributed by atoms with Crippen molar-refractivity contribution in [1.29, 1.82) is 0 Å². The Morgan fingerprint density at radius 1 is 1.00 bits per heavy atom. The molecule has 1 heterocycles. The molecule has 3 aromatic rings. The molecule has 222 valence electrons. The van der Waals surface area contributed by atoms with E-state index in [-0.39, 0.29) is 34.4 Å². The van der Waals surface area contributed by atoms with Crippen LogP contribution in [0, 0.1) is 20.2 Å². The molecule has 0 bridgehead atoms. The Kier molecular flexibility index (Phi) is 8.33. The molecule has 0 aromatic heterocycles. The third-order valence-corrected chi connectivity index (χ3v) is 6.02. The van der Waals surface area contributed by atoms with Crippen molar-refractivity contribution in [3.8, 4) is 17.2 Å². The average molecular weight is 621 g/mol. The molecule has 1 N–H and O–H groups in total. The number of non-ortho nitro benzene ring substituents is 1. The SMILES string of the molecule is CCOc1cc(/C=C2\C(=O)NC(=O)N(c3cccc([N+](=O)[O-])c3)C2=O)cc(Cl)c1Oc1ccc(C(F)(F)F)cc1[N+](=O)[O-]. The Labute approximate surface area is 243 Å². The van der Waals surface area contributed by atoms with E-state index in [0.717, 1.165) is 30.3 Å².